The van der Waals surface area contributed by atoms with E-state index in [-0.39, 0.29) is 17.0 Å². The Morgan fingerprint density at radius 1 is 1.15 bits per heavy atom. The van der Waals surface area contributed by atoms with E-state index in [0.29, 0.717) is 18.7 Å². The fourth-order valence-electron chi connectivity index (χ4n) is 3.19. The van der Waals surface area contributed by atoms with Crippen molar-refractivity contribution in [2.75, 3.05) is 26.2 Å². The topological polar surface area (TPSA) is 32.8 Å². The van der Waals surface area contributed by atoms with Gasteiger partial charge in [0.05, 0.1) is 16.7 Å². The van der Waals surface area contributed by atoms with E-state index in [2.05, 4.69) is 17.0 Å². The Labute approximate surface area is 164 Å². The minimum absolute atomic E-state index is 0.146. The molecule has 1 aliphatic heterocycles. The highest BCUT2D eigenvalue weighted by atomic mass is 35.5. The van der Waals surface area contributed by atoms with Crippen LogP contribution in [0.3, 0.4) is 0 Å². The van der Waals surface area contributed by atoms with Gasteiger partial charge in [0, 0.05) is 32.7 Å². The zero-order valence-electron chi connectivity index (χ0n) is 15.6. The van der Waals surface area contributed by atoms with Gasteiger partial charge >= 0.3 is 0 Å². The highest BCUT2D eigenvalue weighted by molar-refractivity contribution is 6.33. The van der Waals surface area contributed by atoms with Gasteiger partial charge in [-0.1, -0.05) is 23.7 Å². The number of piperazine rings is 1. The van der Waals surface area contributed by atoms with Crippen LogP contribution >= 0.6 is 11.6 Å². The molecule has 0 atom stereocenters. The van der Waals surface area contributed by atoms with Gasteiger partial charge in [-0.15, -0.1) is 0 Å². The van der Waals surface area contributed by atoms with Crippen molar-refractivity contribution in [3.05, 3.63) is 64.4 Å². The third-order valence-corrected chi connectivity index (χ3v) is 4.81. The number of nitrogens with zero attached hydrogens (tertiary/aromatic N) is 2. The number of amides is 1. The van der Waals surface area contributed by atoms with Crippen LogP contribution in [0.4, 0.5) is 4.39 Å². The van der Waals surface area contributed by atoms with E-state index in [9.17, 15) is 9.18 Å². The fourth-order valence-corrected chi connectivity index (χ4v) is 3.44. The van der Waals surface area contributed by atoms with Crippen molar-refractivity contribution < 1.29 is 13.9 Å². The Balaban J connectivity index is 1.56. The molecular formula is C21H24ClFN2O2. The Hall–Kier alpha value is -2.11. The van der Waals surface area contributed by atoms with E-state index >= 15 is 0 Å². The van der Waals surface area contributed by atoms with Crippen LogP contribution in [0.5, 0.6) is 5.75 Å². The number of carbonyl (C=O) groups is 1. The molecule has 0 N–H and O–H groups in total. The van der Waals surface area contributed by atoms with Crippen molar-refractivity contribution in [3.8, 4) is 5.75 Å². The van der Waals surface area contributed by atoms with Crippen molar-refractivity contribution in [2.24, 2.45) is 0 Å². The van der Waals surface area contributed by atoms with Crippen molar-refractivity contribution >= 4 is 17.5 Å². The lowest BCUT2D eigenvalue weighted by Gasteiger charge is -2.35. The molecule has 3 rings (SSSR count). The molecule has 1 saturated heterocycles. The first-order chi connectivity index (χ1) is 12.9. The zero-order valence-corrected chi connectivity index (χ0v) is 16.4. The summed E-state index contributed by atoms with van der Waals surface area (Å²) in [5.74, 6) is 0.291. The SMILES string of the molecule is CC(C)Oc1cccc(CN2CCN(C(=O)c3ccc(F)cc3Cl)CC2)c1. The van der Waals surface area contributed by atoms with Crippen LogP contribution in [0.2, 0.25) is 5.02 Å². The van der Waals surface area contributed by atoms with Gasteiger partial charge in [0.15, 0.2) is 0 Å². The molecule has 1 amide bonds. The molecular weight excluding hydrogens is 367 g/mol. The van der Waals surface area contributed by atoms with Gasteiger partial charge in [-0.2, -0.15) is 0 Å². The summed E-state index contributed by atoms with van der Waals surface area (Å²) in [5, 5.41) is 0.157. The van der Waals surface area contributed by atoms with Crippen LogP contribution in [-0.2, 0) is 6.54 Å². The quantitative estimate of drug-likeness (QED) is 0.766. The minimum atomic E-state index is -0.440. The Morgan fingerprint density at radius 2 is 1.89 bits per heavy atom. The maximum Gasteiger partial charge on any atom is 0.255 e. The Morgan fingerprint density at radius 3 is 2.56 bits per heavy atom. The van der Waals surface area contributed by atoms with Crippen LogP contribution in [0.1, 0.15) is 29.8 Å². The van der Waals surface area contributed by atoms with Crippen LogP contribution in [-0.4, -0.2) is 48.0 Å². The smallest absolute Gasteiger partial charge is 0.255 e. The molecule has 0 saturated carbocycles. The number of hydrogen-bond donors (Lipinski definition) is 0. The molecule has 144 valence electrons. The summed E-state index contributed by atoms with van der Waals surface area (Å²) in [7, 11) is 0. The lowest BCUT2D eigenvalue weighted by Crippen LogP contribution is -2.48. The van der Waals surface area contributed by atoms with Crippen LogP contribution < -0.4 is 4.74 Å². The van der Waals surface area contributed by atoms with E-state index < -0.39 is 5.82 Å². The van der Waals surface area contributed by atoms with Gasteiger partial charge in [0.2, 0.25) is 0 Å². The van der Waals surface area contributed by atoms with Gasteiger partial charge < -0.3 is 9.64 Å². The minimum Gasteiger partial charge on any atom is -0.491 e. The second kappa shape index (κ2) is 8.72. The molecule has 0 bridgehead atoms. The number of benzene rings is 2. The number of hydrogen-bond acceptors (Lipinski definition) is 3. The largest absolute Gasteiger partial charge is 0.491 e. The predicted octanol–water partition coefficient (Wildman–Crippen LogP) is 4.22. The average Bonchev–Trinajstić information content (AvgIpc) is 2.61. The molecule has 0 radical (unpaired) electrons. The van der Waals surface area contributed by atoms with E-state index in [0.717, 1.165) is 25.4 Å². The van der Waals surface area contributed by atoms with Crippen LogP contribution in [0.15, 0.2) is 42.5 Å². The first-order valence-electron chi connectivity index (χ1n) is 9.14. The van der Waals surface area contributed by atoms with Crippen molar-refractivity contribution in [2.45, 2.75) is 26.5 Å². The summed E-state index contributed by atoms with van der Waals surface area (Å²) in [5.41, 5.74) is 1.54. The maximum absolute atomic E-state index is 13.2. The predicted molar refractivity (Wildman–Crippen MR) is 105 cm³/mol. The molecule has 27 heavy (non-hydrogen) atoms. The average molecular weight is 391 g/mol. The van der Waals surface area contributed by atoms with E-state index in [1.807, 2.05) is 26.0 Å². The van der Waals surface area contributed by atoms with E-state index in [1.165, 1.54) is 23.8 Å². The Kier molecular flexibility index (Phi) is 6.34. The van der Waals surface area contributed by atoms with Gasteiger partial charge in [-0.25, -0.2) is 4.39 Å². The second-order valence-corrected chi connectivity index (χ2v) is 7.41. The number of halogens is 2. The summed E-state index contributed by atoms with van der Waals surface area (Å²) >= 11 is 6.02. The summed E-state index contributed by atoms with van der Waals surface area (Å²) < 4.78 is 18.9. The van der Waals surface area contributed by atoms with Crippen LogP contribution in [0, 0.1) is 5.82 Å². The molecule has 2 aromatic carbocycles. The zero-order chi connectivity index (χ0) is 19.4. The molecule has 0 aliphatic carbocycles. The van der Waals surface area contributed by atoms with E-state index in [4.69, 9.17) is 16.3 Å². The summed E-state index contributed by atoms with van der Waals surface area (Å²) in [6, 6.07) is 12.0. The molecule has 4 nitrogen and oxygen atoms in total. The molecule has 1 heterocycles. The fraction of sp³-hybridized carbons (Fsp3) is 0.381. The second-order valence-electron chi connectivity index (χ2n) is 7.01. The molecule has 1 aliphatic rings. The third-order valence-electron chi connectivity index (χ3n) is 4.50. The lowest BCUT2D eigenvalue weighted by molar-refractivity contribution is 0.0628. The summed E-state index contributed by atoms with van der Waals surface area (Å²) in [6.45, 7) is 7.63. The highest BCUT2D eigenvalue weighted by Crippen LogP contribution is 2.21. The third kappa shape index (κ3) is 5.21. The van der Waals surface area contributed by atoms with Crippen molar-refractivity contribution in [3.63, 3.8) is 0 Å². The van der Waals surface area contributed by atoms with Gasteiger partial charge in [0.25, 0.3) is 5.91 Å². The first kappa shape index (κ1) is 19.6. The number of rotatable bonds is 5. The molecule has 0 spiro atoms. The lowest BCUT2D eigenvalue weighted by atomic mass is 10.1. The molecule has 1 fully saturated rings. The van der Waals surface area contributed by atoms with Crippen LogP contribution in [0.25, 0.3) is 0 Å². The maximum atomic E-state index is 13.2. The molecule has 2 aromatic rings. The molecule has 0 aromatic heterocycles. The number of ether oxygens (including phenoxy) is 1. The van der Waals surface area contributed by atoms with E-state index in [1.54, 1.807) is 4.90 Å². The monoisotopic (exact) mass is 390 g/mol. The van der Waals surface area contributed by atoms with Crippen molar-refractivity contribution in [1.82, 2.24) is 9.80 Å². The number of carbonyl (C=O) groups excluding carboxylic acids is 1. The first-order valence-corrected chi connectivity index (χ1v) is 9.52. The molecule has 6 heteroatoms. The van der Waals surface area contributed by atoms with Crippen molar-refractivity contribution in [1.29, 1.82) is 0 Å². The van der Waals surface area contributed by atoms with Gasteiger partial charge in [0.1, 0.15) is 11.6 Å². The normalized spacial score (nSPS) is 15.2. The van der Waals surface area contributed by atoms with Gasteiger partial charge in [-0.05, 0) is 49.7 Å². The van der Waals surface area contributed by atoms with Gasteiger partial charge in [-0.3, -0.25) is 9.69 Å². The highest BCUT2D eigenvalue weighted by Gasteiger charge is 2.23. The standard InChI is InChI=1S/C21H24ClFN2O2/c1-15(2)27-18-5-3-4-16(12-18)14-24-8-10-25(11-9-24)21(26)19-7-6-17(23)13-20(19)22/h3-7,12-13,15H,8-11,14H2,1-2H3. The summed E-state index contributed by atoms with van der Waals surface area (Å²) in [6.07, 6.45) is 0.146. The molecule has 0 unspecified atom stereocenters. The Bertz CT molecular complexity index is 805. The summed E-state index contributed by atoms with van der Waals surface area (Å²) in [4.78, 5) is 16.7.